The number of rotatable bonds is 4. The van der Waals surface area contributed by atoms with Crippen LogP contribution in [0.25, 0.3) is 11.1 Å². The monoisotopic (exact) mass is 220 g/mol. The highest BCUT2D eigenvalue weighted by molar-refractivity contribution is 5.76. The molecule has 1 aromatic heterocycles. The number of hydrogen-bond donors (Lipinski definition) is 1. The fourth-order valence-corrected chi connectivity index (χ4v) is 1.81. The van der Waals surface area contributed by atoms with Gasteiger partial charge < -0.3 is 10.2 Å². The van der Waals surface area contributed by atoms with Crippen molar-refractivity contribution >= 4 is 16.8 Å². The van der Waals surface area contributed by atoms with E-state index >= 15 is 0 Å². The maximum Gasteiger partial charge on any atom is 0.419 e. The highest BCUT2D eigenvalue weighted by Crippen LogP contribution is 2.16. The molecule has 1 aromatic carbocycles. The number of nitrogen functional groups attached to an aromatic ring is 1. The topological polar surface area (TPSA) is 61.2 Å². The quantitative estimate of drug-likeness (QED) is 0.635. The smallest absolute Gasteiger partial charge is 0.408 e. The van der Waals surface area contributed by atoms with Gasteiger partial charge in [0, 0.05) is 18.3 Å². The Morgan fingerprint density at radius 1 is 1.38 bits per heavy atom. The number of aromatic nitrogens is 1. The Kier molecular flexibility index (Phi) is 2.99. The fourth-order valence-electron chi connectivity index (χ4n) is 1.81. The summed E-state index contributed by atoms with van der Waals surface area (Å²) in [6, 6.07) is 5.31. The second-order valence-corrected chi connectivity index (χ2v) is 3.95. The Hall–Kier alpha value is -1.71. The SMILES string of the molecule is CCCCCn1c(=O)oc2cc(N)ccc21. The average molecular weight is 220 g/mol. The van der Waals surface area contributed by atoms with E-state index in [2.05, 4.69) is 6.92 Å². The molecule has 2 N–H and O–H groups in total. The molecule has 0 radical (unpaired) electrons. The molecule has 0 saturated carbocycles. The predicted molar refractivity (Wildman–Crippen MR) is 64.4 cm³/mol. The molecule has 0 aliphatic rings. The van der Waals surface area contributed by atoms with Crippen molar-refractivity contribution in [3.63, 3.8) is 0 Å². The lowest BCUT2D eigenvalue weighted by molar-refractivity contribution is 0.491. The predicted octanol–water partition coefficient (Wildman–Crippen LogP) is 2.37. The van der Waals surface area contributed by atoms with Crippen LogP contribution in [0.2, 0.25) is 0 Å². The van der Waals surface area contributed by atoms with Gasteiger partial charge in [0.25, 0.3) is 0 Å². The first-order chi connectivity index (χ1) is 7.72. The van der Waals surface area contributed by atoms with Crippen LogP contribution in [-0.4, -0.2) is 4.57 Å². The van der Waals surface area contributed by atoms with E-state index in [0.29, 0.717) is 17.8 Å². The van der Waals surface area contributed by atoms with Crippen LogP contribution < -0.4 is 11.5 Å². The van der Waals surface area contributed by atoms with Crippen LogP contribution in [0.5, 0.6) is 0 Å². The standard InChI is InChI=1S/C12H16N2O2/c1-2-3-4-7-14-10-6-5-9(13)8-11(10)16-12(14)15/h5-6,8H,2-4,7,13H2,1H3. The summed E-state index contributed by atoms with van der Waals surface area (Å²) < 4.78 is 6.81. The molecule has 0 bridgehead atoms. The molecule has 16 heavy (non-hydrogen) atoms. The van der Waals surface area contributed by atoms with Gasteiger partial charge in [-0.05, 0) is 18.6 Å². The van der Waals surface area contributed by atoms with E-state index in [4.69, 9.17) is 10.2 Å². The van der Waals surface area contributed by atoms with Gasteiger partial charge in [0.1, 0.15) is 0 Å². The summed E-state index contributed by atoms with van der Waals surface area (Å²) in [6.07, 6.45) is 3.25. The third-order valence-corrected chi connectivity index (χ3v) is 2.68. The van der Waals surface area contributed by atoms with E-state index < -0.39 is 0 Å². The van der Waals surface area contributed by atoms with Crippen molar-refractivity contribution in [1.82, 2.24) is 4.57 Å². The zero-order valence-corrected chi connectivity index (χ0v) is 9.40. The number of oxazole rings is 1. The summed E-state index contributed by atoms with van der Waals surface area (Å²) in [7, 11) is 0. The summed E-state index contributed by atoms with van der Waals surface area (Å²) in [4.78, 5) is 11.6. The molecule has 0 unspecified atom stereocenters. The molecule has 2 rings (SSSR count). The van der Waals surface area contributed by atoms with Crippen molar-refractivity contribution < 1.29 is 4.42 Å². The Labute approximate surface area is 93.7 Å². The molecule has 1 heterocycles. The minimum atomic E-state index is -0.295. The fraction of sp³-hybridized carbons (Fsp3) is 0.417. The molecule has 0 aliphatic heterocycles. The van der Waals surface area contributed by atoms with E-state index in [1.807, 2.05) is 6.07 Å². The van der Waals surface area contributed by atoms with E-state index in [9.17, 15) is 4.79 Å². The van der Waals surface area contributed by atoms with Gasteiger partial charge in [0.2, 0.25) is 0 Å². The minimum Gasteiger partial charge on any atom is -0.408 e. The Bertz CT molecular complexity index is 539. The molecule has 0 aliphatic carbocycles. The van der Waals surface area contributed by atoms with Gasteiger partial charge in [-0.2, -0.15) is 0 Å². The first-order valence-corrected chi connectivity index (χ1v) is 5.61. The lowest BCUT2D eigenvalue weighted by Crippen LogP contribution is -2.13. The van der Waals surface area contributed by atoms with Crippen molar-refractivity contribution in [3.8, 4) is 0 Å². The van der Waals surface area contributed by atoms with Crippen molar-refractivity contribution in [2.24, 2.45) is 0 Å². The number of nitrogens with two attached hydrogens (primary N) is 1. The number of nitrogens with zero attached hydrogens (tertiary/aromatic N) is 1. The third kappa shape index (κ3) is 1.96. The van der Waals surface area contributed by atoms with Crippen LogP contribution in [0.15, 0.2) is 27.4 Å². The third-order valence-electron chi connectivity index (χ3n) is 2.68. The number of benzene rings is 1. The van der Waals surface area contributed by atoms with Crippen molar-refractivity contribution in [1.29, 1.82) is 0 Å². The summed E-state index contributed by atoms with van der Waals surface area (Å²) in [5, 5.41) is 0. The molecule has 0 amide bonds. The lowest BCUT2D eigenvalue weighted by Gasteiger charge is -2.00. The zero-order chi connectivity index (χ0) is 11.5. The van der Waals surface area contributed by atoms with E-state index in [1.54, 1.807) is 16.7 Å². The molecule has 0 fully saturated rings. The normalized spacial score (nSPS) is 11.1. The van der Waals surface area contributed by atoms with Crippen LogP contribution >= 0.6 is 0 Å². The molecule has 0 atom stereocenters. The van der Waals surface area contributed by atoms with Crippen molar-refractivity contribution in [2.75, 3.05) is 5.73 Å². The Morgan fingerprint density at radius 2 is 2.19 bits per heavy atom. The minimum absolute atomic E-state index is 0.295. The van der Waals surface area contributed by atoms with Gasteiger partial charge in [0.15, 0.2) is 5.58 Å². The van der Waals surface area contributed by atoms with E-state index in [-0.39, 0.29) is 5.76 Å². The number of fused-ring (bicyclic) bond motifs is 1. The van der Waals surface area contributed by atoms with Crippen LogP contribution in [0.4, 0.5) is 5.69 Å². The maximum absolute atomic E-state index is 11.6. The number of anilines is 1. The summed E-state index contributed by atoms with van der Waals surface area (Å²) in [5.74, 6) is -0.295. The molecular weight excluding hydrogens is 204 g/mol. The first kappa shape index (κ1) is 10.8. The number of hydrogen-bond acceptors (Lipinski definition) is 3. The summed E-state index contributed by atoms with van der Waals surface area (Å²) >= 11 is 0. The molecule has 2 aromatic rings. The first-order valence-electron chi connectivity index (χ1n) is 5.61. The maximum atomic E-state index is 11.6. The molecule has 0 saturated heterocycles. The van der Waals surface area contributed by atoms with Crippen LogP contribution in [0.1, 0.15) is 26.2 Å². The van der Waals surface area contributed by atoms with Gasteiger partial charge in [-0.1, -0.05) is 19.8 Å². The van der Waals surface area contributed by atoms with Crippen LogP contribution in [0.3, 0.4) is 0 Å². The molecule has 4 heteroatoms. The van der Waals surface area contributed by atoms with Gasteiger partial charge >= 0.3 is 5.76 Å². The van der Waals surface area contributed by atoms with Gasteiger partial charge in [0.05, 0.1) is 5.52 Å². The highest BCUT2D eigenvalue weighted by atomic mass is 16.4. The van der Waals surface area contributed by atoms with Crippen LogP contribution in [0, 0.1) is 0 Å². The second kappa shape index (κ2) is 4.43. The molecule has 0 spiro atoms. The Balaban J connectivity index is 2.36. The van der Waals surface area contributed by atoms with Crippen molar-refractivity contribution in [2.45, 2.75) is 32.7 Å². The molecular formula is C12H16N2O2. The number of aryl methyl sites for hydroxylation is 1. The second-order valence-electron chi connectivity index (χ2n) is 3.95. The van der Waals surface area contributed by atoms with Gasteiger partial charge in [-0.3, -0.25) is 4.57 Å². The zero-order valence-electron chi connectivity index (χ0n) is 9.40. The van der Waals surface area contributed by atoms with Gasteiger partial charge in [-0.25, -0.2) is 4.79 Å². The average Bonchev–Trinajstić information content (AvgIpc) is 2.55. The van der Waals surface area contributed by atoms with Crippen LogP contribution in [-0.2, 0) is 6.54 Å². The van der Waals surface area contributed by atoms with E-state index in [1.165, 1.54) is 0 Å². The lowest BCUT2D eigenvalue weighted by atomic mass is 10.2. The van der Waals surface area contributed by atoms with Crippen molar-refractivity contribution in [3.05, 3.63) is 28.7 Å². The summed E-state index contributed by atoms with van der Waals surface area (Å²) in [6.45, 7) is 2.85. The molecule has 4 nitrogen and oxygen atoms in total. The highest BCUT2D eigenvalue weighted by Gasteiger charge is 2.08. The Morgan fingerprint density at radius 3 is 2.94 bits per heavy atom. The summed E-state index contributed by atoms with van der Waals surface area (Å²) in [5.41, 5.74) is 7.65. The molecule has 86 valence electrons. The van der Waals surface area contributed by atoms with E-state index in [0.717, 1.165) is 24.8 Å². The van der Waals surface area contributed by atoms with Gasteiger partial charge in [-0.15, -0.1) is 0 Å². The number of unbranched alkanes of at least 4 members (excludes halogenated alkanes) is 2. The largest absolute Gasteiger partial charge is 0.419 e.